The molecule has 0 unspecified atom stereocenters. The lowest BCUT2D eigenvalue weighted by atomic mass is 10.1. The van der Waals surface area contributed by atoms with Crippen molar-refractivity contribution in [3.63, 3.8) is 0 Å². The van der Waals surface area contributed by atoms with Crippen molar-refractivity contribution in [3.05, 3.63) is 69.2 Å². The number of nitro benzene ring substituents is 1. The van der Waals surface area contributed by atoms with Crippen LogP contribution in [0.5, 0.6) is 0 Å². The lowest BCUT2D eigenvalue weighted by molar-refractivity contribution is -0.384. The zero-order chi connectivity index (χ0) is 17.6. The molecule has 0 saturated carbocycles. The fourth-order valence-corrected chi connectivity index (χ4v) is 3.96. The first-order valence-electron chi connectivity index (χ1n) is 8.15. The van der Waals surface area contributed by atoms with Crippen molar-refractivity contribution < 1.29 is 9.72 Å². The van der Waals surface area contributed by atoms with E-state index < -0.39 is 4.92 Å². The van der Waals surface area contributed by atoms with Crippen molar-refractivity contribution in [1.29, 1.82) is 0 Å². The summed E-state index contributed by atoms with van der Waals surface area (Å²) in [4.78, 5) is 27.4. The molecule has 0 spiro atoms. The molecular formula is C18H16ClN3O3. The van der Waals surface area contributed by atoms with Crippen LogP contribution in [0, 0.1) is 10.1 Å². The van der Waals surface area contributed by atoms with Gasteiger partial charge in [-0.05, 0) is 48.7 Å². The number of hydrogen-bond acceptors (Lipinski definition) is 4. The van der Waals surface area contributed by atoms with Crippen LogP contribution >= 0.6 is 11.6 Å². The molecule has 2 fully saturated rings. The Balaban J connectivity index is 1.78. The molecule has 2 aliphatic rings. The number of anilines is 1. The largest absolute Gasteiger partial charge is 0.290 e. The Kier molecular flexibility index (Phi) is 3.94. The molecule has 0 bridgehead atoms. The van der Waals surface area contributed by atoms with E-state index in [2.05, 4.69) is 4.90 Å². The highest BCUT2D eigenvalue weighted by Gasteiger charge is 2.49. The van der Waals surface area contributed by atoms with Gasteiger partial charge in [0, 0.05) is 29.4 Å². The van der Waals surface area contributed by atoms with Crippen LogP contribution in [0.3, 0.4) is 0 Å². The molecule has 7 heteroatoms. The Hall–Kier alpha value is -2.44. The molecule has 2 aliphatic heterocycles. The van der Waals surface area contributed by atoms with Crippen molar-refractivity contribution >= 4 is 28.9 Å². The van der Waals surface area contributed by atoms with Gasteiger partial charge in [0.2, 0.25) is 5.91 Å². The summed E-state index contributed by atoms with van der Waals surface area (Å²) in [6.07, 6.45) is 1.54. The zero-order valence-electron chi connectivity index (χ0n) is 13.3. The van der Waals surface area contributed by atoms with E-state index in [1.165, 1.54) is 12.1 Å². The number of hydrogen-bond donors (Lipinski definition) is 0. The molecule has 4 rings (SSSR count). The average molecular weight is 358 g/mol. The van der Waals surface area contributed by atoms with Gasteiger partial charge in [-0.15, -0.1) is 0 Å². The highest BCUT2D eigenvalue weighted by Crippen LogP contribution is 2.43. The third kappa shape index (κ3) is 2.67. The molecule has 6 nitrogen and oxygen atoms in total. The number of halogens is 1. The Morgan fingerprint density at radius 1 is 1.16 bits per heavy atom. The molecule has 128 valence electrons. The second kappa shape index (κ2) is 6.13. The van der Waals surface area contributed by atoms with Gasteiger partial charge in [0.25, 0.3) is 5.69 Å². The lowest BCUT2D eigenvalue weighted by Gasteiger charge is -2.29. The monoisotopic (exact) mass is 357 g/mol. The molecule has 1 amide bonds. The fourth-order valence-electron chi connectivity index (χ4n) is 3.78. The third-order valence-electron chi connectivity index (χ3n) is 4.86. The summed E-state index contributed by atoms with van der Waals surface area (Å²) >= 11 is 6.11. The van der Waals surface area contributed by atoms with Crippen LogP contribution in [0.1, 0.15) is 24.6 Å². The number of non-ortho nitro benzene ring substituents is 1. The van der Waals surface area contributed by atoms with Crippen LogP contribution in [-0.4, -0.2) is 28.3 Å². The summed E-state index contributed by atoms with van der Waals surface area (Å²) in [6.45, 7) is 0.828. The molecule has 0 N–H and O–H groups in total. The minimum atomic E-state index is -0.420. The number of nitrogens with zero attached hydrogens (tertiary/aromatic N) is 3. The van der Waals surface area contributed by atoms with Crippen molar-refractivity contribution in [3.8, 4) is 0 Å². The van der Waals surface area contributed by atoms with E-state index in [0.717, 1.165) is 30.6 Å². The van der Waals surface area contributed by atoms with Gasteiger partial charge in [0.1, 0.15) is 6.17 Å². The van der Waals surface area contributed by atoms with E-state index in [1.54, 1.807) is 29.2 Å². The maximum atomic E-state index is 13.0. The van der Waals surface area contributed by atoms with E-state index in [9.17, 15) is 14.9 Å². The van der Waals surface area contributed by atoms with Gasteiger partial charge in [-0.25, -0.2) is 0 Å². The predicted octanol–water partition coefficient (Wildman–Crippen LogP) is 3.76. The Bertz CT molecular complexity index is 840. The molecule has 0 radical (unpaired) electrons. The Morgan fingerprint density at radius 3 is 2.60 bits per heavy atom. The third-order valence-corrected chi connectivity index (χ3v) is 5.10. The minimum Gasteiger partial charge on any atom is -0.290 e. The number of nitro groups is 1. The maximum absolute atomic E-state index is 13.0. The SMILES string of the molecule is O=C1[C@H]2CCCN2[C@@H](c2ccc([N+](=O)[O-])cc2)N1c1cccc(Cl)c1. The first kappa shape index (κ1) is 16.1. The smallest absolute Gasteiger partial charge is 0.269 e. The summed E-state index contributed by atoms with van der Waals surface area (Å²) in [5.74, 6) is 0.0584. The second-order valence-corrected chi connectivity index (χ2v) is 6.74. The van der Waals surface area contributed by atoms with E-state index in [-0.39, 0.29) is 23.8 Å². The Labute approximate surface area is 149 Å². The van der Waals surface area contributed by atoms with Gasteiger partial charge in [-0.2, -0.15) is 0 Å². The van der Waals surface area contributed by atoms with E-state index in [0.29, 0.717) is 5.02 Å². The van der Waals surface area contributed by atoms with Crippen LogP contribution in [0.25, 0.3) is 0 Å². The molecule has 25 heavy (non-hydrogen) atoms. The summed E-state index contributed by atoms with van der Waals surface area (Å²) in [6, 6.07) is 13.5. The second-order valence-electron chi connectivity index (χ2n) is 6.31. The standard InChI is InChI=1S/C18H16ClN3O3/c19-13-3-1-4-15(11-13)21-17(20-10-2-5-16(20)18(21)23)12-6-8-14(9-7-12)22(24)25/h1,3-4,6-9,11,16-17H,2,5,10H2/t16-,17-/m1/s1. The summed E-state index contributed by atoms with van der Waals surface area (Å²) in [5.41, 5.74) is 1.65. The van der Waals surface area contributed by atoms with Crippen LogP contribution < -0.4 is 4.90 Å². The predicted molar refractivity (Wildman–Crippen MR) is 94.5 cm³/mol. The van der Waals surface area contributed by atoms with Crippen LogP contribution in [0.15, 0.2) is 48.5 Å². The number of fused-ring (bicyclic) bond motifs is 1. The van der Waals surface area contributed by atoms with Gasteiger partial charge in [-0.1, -0.05) is 17.7 Å². The van der Waals surface area contributed by atoms with Gasteiger partial charge in [0.15, 0.2) is 0 Å². The van der Waals surface area contributed by atoms with Crippen LogP contribution in [0.2, 0.25) is 5.02 Å². The van der Waals surface area contributed by atoms with Crippen LogP contribution in [0.4, 0.5) is 11.4 Å². The number of amides is 1. The van der Waals surface area contributed by atoms with Gasteiger partial charge in [-0.3, -0.25) is 24.7 Å². The molecule has 0 aromatic heterocycles. The van der Waals surface area contributed by atoms with E-state index in [1.807, 2.05) is 12.1 Å². The molecule has 2 saturated heterocycles. The van der Waals surface area contributed by atoms with Gasteiger partial charge >= 0.3 is 0 Å². The summed E-state index contributed by atoms with van der Waals surface area (Å²) in [7, 11) is 0. The first-order chi connectivity index (χ1) is 12.1. The van der Waals surface area contributed by atoms with Crippen molar-refractivity contribution in [2.75, 3.05) is 11.4 Å². The zero-order valence-corrected chi connectivity index (χ0v) is 14.1. The molecule has 2 aromatic rings. The van der Waals surface area contributed by atoms with Crippen LogP contribution in [-0.2, 0) is 4.79 Å². The maximum Gasteiger partial charge on any atom is 0.269 e. The first-order valence-corrected chi connectivity index (χ1v) is 8.53. The quantitative estimate of drug-likeness (QED) is 0.619. The lowest BCUT2D eigenvalue weighted by Crippen LogP contribution is -2.32. The highest BCUT2D eigenvalue weighted by atomic mass is 35.5. The fraction of sp³-hybridized carbons (Fsp3) is 0.278. The minimum absolute atomic E-state index is 0.0420. The van der Waals surface area contributed by atoms with Crippen molar-refractivity contribution in [2.45, 2.75) is 25.0 Å². The molecule has 2 atom stereocenters. The number of benzene rings is 2. The average Bonchev–Trinajstić information content (AvgIpc) is 3.17. The van der Waals surface area contributed by atoms with Crippen molar-refractivity contribution in [2.24, 2.45) is 0 Å². The number of rotatable bonds is 3. The molecule has 2 aromatic carbocycles. The highest BCUT2D eigenvalue weighted by molar-refractivity contribution is 6.31. The topological polar surface area (TPSA) is 66.7 Å². The van der Waals surface area contributed by atoms with Gasteiger partial charge in [0.05, 0.1) is 11.0 Å². The molecule has 0 aliphatic carbocycles. The van der Waals surface area contributed by atoms with E-state index in [4.69, 9.17) is 11.6 Å². The molecule has 2 heterocycles. The van der Waals surface area contributed by atoms with Gasteiger partial charge < -0.3 is 0 Å². The number of carbonyl (C=O) groups excluding carboxylic acids is 1. The van der Waals surface area contributed by atoms with E-state index >= 15 is 0 Å². The number of carbonyl (C=O) groups is 1. The van der Waals surface area contributed by atoms with Crippen molar-refractivity contribution in [1.82, 2.24) is 4.90 Å². The summed E-state index contributed by atoms with van der Waals surface area (Å²) in [5, 5.41) is 11.5. The summed E-state index contributed by atoms with van der Waals surface area (Å²) < 4.78 is 0. The molecular weight excluding hydrogens is 342 g/mol. The normalized spacial score (nSPS) is 23.1. The Morgan fingerprint density at radius 2 is 1.92 bits per heavy atom.